The first-order chi connectivity index (χ1) is 10.9. The molecular formula is C20H26O3. The third-order valence-electron chi connectivity index (χ3n) is 3.85. The van der Waals surface area contributed by atoms with E-state index in [4.69, 9.17) is 0 Å². The minimum Gasteiger partial charge on any atom is -0.507 e. The number of benzene rings is 1. The van der Waals surface area contributed by atoms with Crippen molar-refractivity contribution in [3.05, 3.63) is 48.1 Å². The van der Waals surface area contributed by atoms with Gasteiger partial charge >= 0.3 is 0 Å². The molecule has 0 aromatic heterocycles. The van der Waals surface area contributed by atoms with Crippen LogP contribution in [0.3, 0.4) is 0 Å². The van der Waals surface area contributed by atoms with Crippen LogP contribution in [-0.2, 0) is 4.79 Å². The lowest BCUT2D eigenvalue weighted by atomic mass is 9.96. The van der Waals surface area contributed by atoms with Gasteiger partial charge < -0.3 is 5.11 Å². The highest BCUT2D eigenvalue weighted by molar-refractivity contribution is 6.00. The number of ketones is 2. The number of aromatic hydroxyl groups is 1. The van der Waals surface area contributed by atoms with Crippen LogP contribution in [-0.4, -0.2) is 16.7 Å². The maximum atomic E-state index is 12.3. The summed E-state index contributed by atoms with van der Waals surface area (Å²) in [7, 11) is 0. The average molecular weight is 314 g/mol. The maximum Gasteiger partial charge on any atom is 0.170 e. The van der Waals surface area contributed by atoms with Crippen molar-refractivity contribution in [3.8, 4) is 5.75 Å². The lowest BCUT2D eigenvalue weighted by Gasteiger charge is -2.08. The molecule has 1 aromatic carbocycles. The van der Waals surface area contributed by atoms with Gasteiger partial charge in [0, 0.05) is 12.3 Å². The first-order valence-electron chi connectivity index (χ1n) is 8.06. The van der Waals surface area contributed by atoms with Crippen LogP contribution in [0, 0.1) is 5.92 Å². The van der Waals surface area contributed by atoms with Crippen molar-refractivity contribution in [1.29, 1.82) is 0 Å². The molecule has 0 heterocycles. The highest BCUT2D eigenvalue weighted by Gasteiger charge is 2.13. The van der Waals surface area contributed by atoms with Crippen LogP contribution in [0.5, 0.6) is 5.75 Å². The van der Waals surface area contributed by atoms with Gasteiger partial charge in [0.05, 0.1) is 5.56 Å². The van der Waals surface area contributed by atoms with E-state index >= 15 is 0 Å². The van der Waals surface area contributed by atoms with Crippen molar-refractivity contribution >= 4 is 17.1 Å². The predicted molar refractivity (Wildman–Crippen MR) is 94.6 cm³/mol. The Morgan fingerprint density at radius 1 is 1.30 bits per heavy atom. The average Bonchev–Trinajstić information content (AvgIpc) is 2.50. The van der Waals surface area contributed by atoms with Gasteiger partial charge in [-0.2, -0.15) is 0 Å². The first kappa shape index (κ1) is 18.9. The first-order valence-corrected chi connectivity index (χ1v) is 8.06. The van der Waals surface area contributed by atoms with Crippen LogP contribution in [0.25, 0.3) is 5.57 Å². The Balaban J connectivity index is 2.79. The summed E-state index contributed by atoms with van der Waals surface area (Å²) >= 11 is 0. The molecule has 0 bridgehead atoms. The van der Waals surface area contributed by atoms with E-state index in [9.17, 15) is 14.7 Å². The number of phenolic OH excluding ortho intramolecular Hbond substituents is 1. The van der Waals surface area contributed by atoms with Crippen molar-refractivity contribution in [3.63, 3.8) is 0 Å². The molecule has 1 aromatic rings. The number of phenols is 1. The lowest BCUT2D eigenvalue weighted by molar-refractivity contribution is -0.119. The molecular weight excluding hydrogens is 288 g/mol. The standard InChI is InChI=1S/C20H26O3/c1-5-6-8-16(15(4)21)9-7-10-19(22)18-13-17(14(2)3)11-12-20(18)23/h7,9,11-13,16,23H,2,5-6,8,10H2,1,3-4H3/b9-7+/t16-/m1/s1. The second-order valence-electron chi connectivity index (χ2n) is 5.93. The summed E-state index contributed by atoms with van der Waals surface area (Å²) in [6, 6.07) is 4.91. The minimum atomic E-state index is -0.167. The maximum absolute atomic E-state index is 12.3. The van der Waals surface area contributed by atoms with Crippen molar-refractivity contribution < 1.29 is 14.7 Å². The van der Waals surface area contributed by atoms with Gasteiger partial charge in [0.2, 0.25) is 0 Å². The summed E-state index contributed by atoms with van der Waals surface area (Å²) in [5.74, 6) is -0.200. The van der Waals surface area contributed by atoms with E-state index in [1.54, 1.807) is 25.1 Å². The van der Waals surface area contributed by atoms with E-state index in [2.05, 4.69) is 13.5 Å². The summed E-state index contributed by atoms with van der Waals surface area (Å²) in [6.45, 7) is 9.36. The topological polar surface area (TPSA) is 54.4 Å². The van der Waals surface area contributed by atoms with Crippen LogP contribution in [0.2, 0.25) is 0 Å². The Hall–Kier alpha value is -2.16. The van der Waals surface area contributed by atoms with E-state index < -0.39 is 0 Å². The molecule has 3 nitrogen and oxygen atoms in total. The zero-order valence-electron chi connectivity index (χ0n) is 14.3. The smallest absolute Gasteiger partial charge is 0.170 e. The number of unbranched alkanes of at least 4 members (excludes halogenated alkanes) is 1. The quantitative estimate of drug-likeness (QED) is 0.518. The molecule has 0 saturated heterocycles. The lowest BCUT2D eigenvalue weighted by Crippen LogP contribution is -2.08. The Bertz CT molecular complexity index is 611. The van der Waals surface area contributed by atoms with Gasteiger partial charge in [0.25, 0.3) is 0 Å². The van der Waals surface area contributed by atoms with Crippen LogP contribution >= 0.6 is 0 Å². The number of carbonyl (C=O) groups is 2. The van der Waals surface area contributed by atoms with E-state index in [1.165, 1.54) is 6.07 Å². The summed E-state index contributed by atoms with van der Waals surface area (Å²) < 4.78 is 0. The van der Waals surface area contributed by atoms with Gasteiger partial charge in [-0.15, -0.1) is 0 Å². The predicted octanol–water partition coefficient (Wildman–Crippen LogP) is 4.95. The number of hydrogen-bond donors (Lipinski definition) is 1. The highest BCUT2D eigenvalue weighted by Crippen LogP contribution is 2.23. The van der Waals surface area contributed by atoms with Gasteiger partial charge in [-0.3, -0.25) is 9.59 Å². The van der Waals surface area contributed by atoms with E-state index in [1.807, 2.05) is 13.0 Å². The molecule has 0 saturated carbocycles. The highest BCUT2D eigenvalue weighted by atomic mass is 16.3. The molecule has 0 unspecified atom stereocenters. The fourth-order valence-electron chi connectivity index (χ4n) is 2.33. The van der Waals surface area contributed by atoms with Gasteiger partial charge in [-0.05, 0) is 38.0 Å². The largest absolute Gasteiger partial charge is 0.507 e. The molecule has 3 heteroatoms. The number of allylic oxidation sites excluding steroid dienone is 3. The summed E-state index contributed by atoms with van der Waals surface area (Å²) in [5, 5.41) is 9.87. The zero-order valence-corrected chi connectivity index (χ0v) is 14.3. The van der Waals surface area contributed by atoms with Crippen LogP contribution < -0.4 is 0 Å². The van der Waals surface area contributed by atoms with E-state index in [0.29, 0.717) is 5.56 Å². The molecule has 1 atom stereocenters. The molecule has 23 heavy (non-hydrogen) atoms. The van der Waals surface area contributed by atoms with Crippen molar-refractivity contribution in [2.24, 2.45) is 5.92 Å². The van der Waals surface area contributed by atoms with Gasteiger partial charge in [0.1, 0.15) is 11.5 Å². The Morgan fingerprint density at radius 2 is 2.00 bits per heavy atom. The third kappa shape index (κ3) is 5.85. The molecule has 0 aliphatic carbocycles. The van der Waals surface area contributed by atoms with Crippen LogP contribution in [0.1, 0.15) is 62.4 Å². The number of carbonyl (C=O) groups excluding carboxylic acids is 2. The van der Waals surface area contributed by atoms with Gasteiger partial charge in [-0.25, -0.2) is 0 Å². The summed E-state index contributed by atoms with van der Waals surface area (Å²) in [5.41, 5.74) is 1.97. The molecule has 0 spiro atoms. The van der Waals surface area contributed by atoms with E-state index in [0.717, 1.165) is 30.4 Å². The van der Waals surface area contributed by atoms with Crippen molar-refractivity contribution in [2.45, 2.75) is 46.5 Å². The van der Waals surface area contributed by atoms with E-state index in [-0.39, 0.29) is 29.7 Å². The molecule has 124 valence electrons. The second-order valence-corrected chi connectivity index (χ2v) is 5.93. The number of rotatable bonds is 9. The molecule has 1 N–H and O–H groups in total. The molecule has 0 aliphatic heterocycles. The Labute approximate surface area is 138 Å². The number of hydrogen-bond acceptors (Lipinski definition) is 3. The number of Topliss-reactive ketones (excluding diaryl/α,β-unsaturated/α-hetero) is 2. The van der Waals surface area contributed by atoms with Crippen molar-refractivity contribution in [2.75, 3.05) is 0 Å². The molecule has 1 rings (SSSR count). The Morgan fingerprint density at radius 3 is 2.57 bits per heavy atom. The van der Waals surface area contributed by atoms with Gasteiger partial charge in [-0.1, -0.05) is 50.1 Å². The molecule has 0 amide bonds. The minimum absolute atomic E-state index is 0.0255. The SMILES string of the molecule is C=C(C)c1ccc(O)c(C(=O)C/C=C/[C@@H](CCCC)C(C)=O)c1. The third-order valence-corrected chi connectivity index (χ3v) is 3.85. The summed E-state index contributed by atoms with van der Waals surface area (Å²) in [6.07, 6.45) is 6.56. The fourth-order valence-corrected chi connectivity index (χ4v) is 2.33. The Kier molecular flexibility index (Phi) is 7.46. The zero-order chi connectivity index (χ0) is 17.4. The van der Waals surface area contributed by atoms with Crippen LogP contribution in [0.4, 0.5) is 0 Å². The van der Waals surface area contributed by atoms with Crippen molar-refractivity contribution in [1.82, 2.24) is 0 Å². The summed E-state index contributed by atoms with van der Waals surface area (Å²) in [4.78, 5) is 23.9. The second kappa shape index (κ2) is 9.09. The monoisotopic (exact) mass is 314 g/mol. The molecule has 0 radical (unpaired) electrons. The fraction of sp³-hybridized carbons (Fsp3) is 0.400. The van der Waals surface area contributed by atoms with Crippen LogP contribution in [0.15, 0.2) is 36.9 Å². The normalized spacial score (nSPS) is 12.3. The van der Waals surface area contributed by atoms with Gasteiger partial charge in [0.15, 0.2) is 5.78 Å². The molecule has 0 aliphatic rings. The molecule has 0 fully saturated rings.